The molecule has 0 radical (unpaired) electrons. The molecule has 114 valence electrons. The van der Waals surface area contributed by atoms with Crippen LogP contribution in [0.5, 0.6) is 17.2 Å². The first-order valence-electron chi connectivity index (χ1n) is 6.22. The number of rotatable bonds is 6. The average Bonchev–Trinajstić information content (AvgIpc) is 2.88. The second kappa shape index (κ2) is 6.31. The molecule has 8 heteroatoms. The number of benzene rings is 1. The number of aliphatic hydroxyl groups is 1. The van der Waals surface area contributed by atoms with Crippen molar-refractivity contribution < 1.29 is 23.7 Å². The summed E-state index contributed by atoms with van der Waals surface area (Å²) < 4.78 is 21.8. The predicted octanol–water partition coefficient (Wildman–Crippen LogP) is 0.869. The fourth-order valence-electron chi connectivity index (χ4n) is 1.80. The molecule has 1 aromatic heterocycles. The molecule has 21 heavy (non-hydrogen) atoms. The molecule has 1 aromatic carbocycles. The smallest absolute Gasteiger partial charge is 0.439 e. The molecule has 0 aliphatic rings. The van der Waals surface area contributed by atoms with Crippen molar-refractivity contribution in [3.8, 4) is 28.7 Å². The van der Waals surface area contributed by atoms with Crippen molar-refractivity contribution in [2.75, 3.05) is 20.8 Å². The summed E-state index contributed by atoms with van der Waals surface area (Å²) >= 11 is 0. The van der Waals surface area contributed by atoms with Gasteiger partial charge in [0.2, 0.25) is 11.6 Å². The SMILES string of the molecule is CCOc1c(OC)cc(-c2nn(CO)c(=O)o2)cc1OC. The Morgan fingerprint density at radius 2 is 1.90 bits per heavy atom. The van der Waals surface area contributed by atoms with E-state index in [1.54, 1.807) is 12.1 Å². The van der Waals surface area contributed by atoms with E-state index in [-0.39, 0.29) is 5.89 Å². The summed E-state index contributed by atoms with van der Waals surface area (Å²) in [5.74, 6) is 0.600. The van der Waals surface area contributed by atoms with Crippen molar-refractivity contribution in [1.29, 1.82) is 0 Å². The van der Waals surface area contributed by atoms with Gasteiger partial charge in [-0.05, 0) is 19.1 Å². The Bertz CT molecular complexity index is 651. The zero-order valence-electron chi connectivity index (χ0n) is 12.0. The lowest BCUT2D eigenvalue weighted by Crippen LogP contribution is -2.15. The van der Waals surface area contributed by atoms with E-state index in [9.17, 15) is 4.79 Å². The minimum Gasteiger partial charge on any atom is -0.493 e. The summed E-state index contributed by atoms with van der Waals surface area (Å²) in [4.78, 5) is 11.4. The average molecular weight is 296 g/mol. The highest BCUT2D eigenvalue weighted by Crippen LogP contribution is 2.40. The van der Waals surface area contributed by atoms with Crippen LogP contribution in [-0.2, 0) is 6.73 Å². The van der Waals surface area contributed by atoms with Gasteiger partial charge in [0.25, 0.3) is 0 Å². The fourth-order valence-corrected chi connectivity index (χ4v) is 1.80. The van der Waals surface area contributed by atoms with E-state index in [0.29, 0.717) is 29.4 Å². The van der Waals surface area contributed by atoms with Gasteiger partial charge in [-0.2, -0.15) is 4.68 Å². The Kier molecular flexibility index (Phi) is 4.49. The van der Waals surface area contributed by atoms with Gasteiger partial charge in [0.1, 0.15) is 6.73 Å². The summed E-state index contributed by atoms with van der Waals surface area (Å²) in [6.07, 6.45) is 0. The highest BCUT2D eigenvalue weighted by molar-refractivity contribution is 5.65. The second-order valence-electron chi connectivity index (χ2n) is 3.96. The molecule has 8 nitrogen and oxygen atoms in total. The molecule has 0 aliphatic heterocycles. The second-order valence-corrected chi connectivity index (χ2v) is 3.96. The number of ether oxygens (including phenoxy) is 3. The van der Waals surface area contributed by atoms with E-state index in [1.807, 2.05) is 6.92 Å². The van der Waals surface area contributed by atoms with Crippen molar-refractivity contribution >= 4 is 0 Å². The van der Waals surface area contributed by atoms with Gasteiger partial charge < -0.3 is 23.7 Å². The Morgan fingerprint density at radius 1 is 1.29 bits per heavy atom. The van der Waals surface area contributed by atoms with E-state index < -0.39 is 12.5 Å². The summed E-state index contributed by atoms with van der Waals surface area (Å²) in [5.41, 5.74) is 0.469. The van der Waals surface area contributed by atoms with Crippen LogP contribution in [-0.4, -0.2) is 35.7 Å². The Labute approximate surface area is 120 Å². The van der Waals surface area contributed by atoms with E-state index in [1.165, 1.54) is 14.2 Å². The maximum atomic E-state index is 11.4. The first-order valence-corrected chi connectivity index (χ1v) is 6.22. The van der Waals surface area contributed by atoms with Gasteiger partial charge in [0.05, 0.1) is 20.8 Å². The normalized spacial score (nSPS) is 10.5. The number of nitrogens with zero attached hydrogens (tertiary/aromatic N) is 2. The molecule has 2 aromatic rings. The van der Waals surface area contributed by atoms with E-state index in [0.717, 1.165) is 4.68 Å². The maximum absolute atomic E-state index is 11.4. The number of hydrogen-bond donors (Lipinski definition) is 1. The first kappa shape index (κ1) is 14.9. The van der Waals surface area contributed by atoms with Crippen molar-refractivity contribution in [3.63, 3.8) is 0 Å². The third-order valence-corrected chi connectivity index (χ3v) is 2.74. The fraction of sp³-hybridized carbons (Fsp3) is 0.385. The zero-order chi connectivity index (χ0) is 15.4. The number of aliphatic hydroxyl groups excluding tert-OH is 1. The van der Waals surface area contributed by atoms with Crippen LogP contribution in [0.4, 0.5) is 0 Å². The predicted molar refractivity (Wildman–Crippen MR) is 72.7 cm³/mol. The van der Waals surface area contributed by atoms with Crippen molar-refractivity contribution in [3.05, 3.63) is 22.7 Å². The molecule has 0 saturated heterocycles. The van der Waals surface area contributed by atoms with E-state index in [4.69, 9.17) is 23.7 Å². The van der Waals surface area contributed by atoms with Crippen LogP contribution in [0.2, 0.25) is 0 Å². The molecule has 0 saturated carbocycles. The van der Waals surface area contributed by atoms with Crippen molar-refractivity contribution in [2.45, 2.75) is 13.7 Å². The molecule has 0 amide bonds. The van der Waals surface area contributed by atoms with E-state index >= 15 is 0 Å². The van der Waals surface area contributed by atoms with E-state index in [2.05, 4.69) is 5.10 Å². The molecular weight excluding hydrogens is 280 g/mol. The van der Waals surface area contributed by atoms with Gasteiger partial charge in [-0.1, -0.05) is 0 Å². The van der Waals surface area contributed by atoms with Crippen LogP contribution < -0.4 is 20.0 Å². The van der Waals surface area contributed by atoms with Gasteiger partial charge >= 0.3 is 5.76 Å². The lowest BCUT2D eigenvalue weighted by molar-refractivity contribution is 0.186. The van der Waals surface area contributed by atoms with Crippen molar-refractivity contribution in [2.24, 2.45) is 0 Å². The number of methoxy groups -OCH3 is 2. The van der Waals surface area contributed by atoms with Gasteiger partial charge in [-0.3, -0.25) is 0 Å². The minimum absolute atomic E-state index is 0.0497. The first-order chi connectivity index (χ1) is 10.1. The molecule has 0 aliphatic carbocycles. The molecule has 0 unspecified atom stereocenters. The Morgan fingerprint density at radius 3 is 2.33 bits per heavy atom. The third-order valence-electron chi connectivity index (χ3n) is 2.74. The van der Waals surface area contributed by atoms with Crippen LogP contribution >= 0.6 is 0 Å². The molecular formula is C13H16N2O6. The van der Waals surface area contributed by atoms with Gasteiger partial charge in [0, 0.05) is 5.56 Å². The summed E-state index contributed by atoms with van der Waals surface area (Å²) in [7, 11) is 2.98. The van der Waals surface area contributed by atoms with Crippen molar-refractivity contribution in [1.82, 2.24) is 9.78 Å². The van der Waals surface area contributed by atoms with Crippen LogP contribution in [0.15, 0.2) is 21.3 Å². The lowest BCUT2D eigenvalue weighted by atomic mass is 10.2. The summed E-state index contributed by atoms with van der Waals surface area (Å²) in [6.45, 7) is 1.72. The molecule has 1 heterocycles. The Hall–Kier alpha value is -2.48. The Balaban J connectivity index is 2.56. The van der Waals surface area contributed by atoms with Crippen LogP contribution in [0.3, 0.4) is 0 Å². The maximum Gasteiger partial charge on any atom is 0.439 e. The summed E-state index contributed by atoms with van der Waals surface area (Å²) in [5, 5.41) is 12.8. The molecule has 0 spiro atoms. The largest absolute Gasteiger partial charge is 0.493 e. The molecule has 1 N–H and O–H groups in total. The van der Waals surface area contributed by atoms with Gasteiger partial charge in [-0.15, -0.1) is 5.10 Å². The molecule has 0 atom stereocenters. The van der Waals surface area contributed by atoms with Crippen LogP contribution in [0, 0.1) is 0 Å². The molecule has 2 rings (SSSR count). The van der Waals surface area contributed by atoms with Gasteiger partial charge in [-0.25, -0.2) is 4.79 Å². The lowest BCUT2D eigenvalue weighted by Gasteiger charge is -2.14. The highest BCUT2D eigenvalue weighted by atomic mass is 16.5. The molecule has 0 fully saturated rings. The van der Waals surface area contributed by atoms with Gasteiger partial charge in [0.15, 0.2) is 11.5 Å². The van der Waals surface area contributed by atoms with Crippen LogP contribution in [0.25, 0.3) is 11.5 Å². The minimum atomic E-state index is -0.751. The quantitative estimate of drug-likeness (QED) is 0.844. The van der Waals surface area contributed by atoms with Crippen LogP contribution in [0.1, 0.15) is 6.92 Å². The summed E-state index contributed by atoms with van der Waals surface area (Å²) in [6, 6.07) is 3.22. The molecule has 0 bridgehead atoms. The standard InChI is InChI=1S/C13H16N2O6/c1-4-20-11-9(18-2)5-8(6-10(11)19-3)12-14-15(7-16)13(17)21-12/h5-6,16H,4,7H2,1-3H3. The number of aromatic nitrogens is 2. The third kappa shape index (κ3) is 2.84. The topological polar surface area (TPSA) is 96.0 Å². The zero-order valence-corrected chi connectivity index (χ0v) is 12.0. The highest BCUT2D eigenvalue weighted by Gasteiger charge is 2.18. The monoisotopic (exact) mass is 296 g/mol. The number of hydrogen-bond acceptors (Lipinski definition) is 7.